The van der Waals surface area contributed by atoms with Crippen LogP contribution in [0.5, 0.6) is 0 Å². The van der Waals surface area contributed by atoms with E-state index in [2.05, 4.69) is 15.9 Å². The van der Waals surface area contributed by atoms with Crippen molar-refractivity contribution in [1.82, 2.24) is 4.90 Å². The van der Waals surface area contributed by atoms with E-state index < -0.39 is 0 Å². The van der Waals surface area contributed by atoms with E-state index in [1.54, 1.807) is 19.1 Å². The maximum absolute atomic E-state index is 11.5. The third-order valence-electron chi connectivity index (χ3n) is 4.24. The van der Waals surface area contributed by atoms with Gasteiger partial charge in [-0.25, -0.2) is 0 Å². The number of hydrogen-bond donors (Lipinski definition) is 0. The molecule has 2 aliphatic rings. The number of piperazine rings is 1. The van der Waals surface area contributed by atoms with Gasteiger partial charge < -0.3 is 4.90 Å². The minimum atomic E-state index is 0.0485. The normalized spacial score (nSPS) is 19.7. The molecule has 1 saturated heterocycles. The van der Waals surface area contributed by atoms with Gasteiger partial charge in [-0.15, -0.1) is 0 Å². The highest BCUT2D eigenvalue weighted by Crippen LogP contribution is 2.29. The molecule has 0 unspecified atom stereocenters. The molecule has 0 bridgehead atoms. The van der Waals surface area contributed by atoms with Crippen LogP contribution in [0.15, 0.2) is 18.2 Å². The Balaban J connectivity index is 1.80. The van der Waals surface area contributed by atoms with Gasteiger partial charge in [-0.3, -0.25) is 9.69 Å². The Morgan fingerprint density at radius 3 is 2.50 bits per heavy atom. The molecule has 0 spiro atoms. The Morgan fingerprint density at radius 1 is 1.25 bits per heavy atom. The number of nitrogens with zero attached hydrogens (tertiary/aromatic N) is 3. The zero-order valence-corrected chi connectivity index (χ0v) is 11.8. The Bertz CT molecular complexity index is 564. The van der Waals surface area contributed by atoms with Gasteiger partial charge in [-0.2, -0.15) is 5.26 Å². The van der Waals surface area contributed by atoms with Crippen LogP contribution in [-0.4, -0.2) is 42.9 Å². The summed E-state index contributed by atoms with van der Waals surface area (Å²) in [6.45, 7) is 5.55. The SMILES string of the molecule is CC(=O)c1ccc(C#N)c(N2CCN(C3CC3)CC2)c1. The smallest absolute Gasteiger partial charge is 0.159 e. The second-order valence-corrected chi connectivity index (χ2v) is 5.65. The van der Waals surface area contributed by atoms with E-state index in [9.17, 15) is 10.1 Å². The van der Waals surface area contributed by atoms with Gasteiger partial charge >= 0.3 is 0 Å². The molecule has 0 N–H and O–H groups in total. The van der Waals surface area contributed by atoms with Gasteiger partial charge in [-0.05, 0) is 38.0 Å². The fraction of sp³-hybridized carbons (Fsp3) is 0.500. The number of nitriles is 1. The summed E-state index contributed by atoms with van der Waals surface area (Å²) in [5.41, 5.74) is 2.26. The number of Topliss-reactive ketones (excluding diaryl/α,β-unsaturated/α-hetero) is 1. The summed E-state index contributed by atoms with van der Waals surface area (Å²) in [5, 5.41) is 9.26. The molecule has 1 aromatic rings. The van der Waals surface area contributed by atoms with Crippen molar-refractivity contribution in [1.29, 1.82) is 5.26 Å². The summed E-state index contributed by atoms with van der Waals surface area (Å²) in [6.07, 6.45) is 2.67. The Labute approximate surface area is 119 Å². The first-order valence-corrected chi connectivity index (χ1v) is 7.23. The highest BCUT2D eigenvalue weighted by molar-refractivity contribution is 5.95. The standard InChI is InChI=1S/C16H19N3O/c1-12(20)13-2-3-14(11-17)16(10-13)19-8-6-18(7-9-19)15-4-5-15/h2-3,10,15H,4-9H2,1H3. The first-order chi connectivity index (χ1) is 9.69. The molecule has 3 rings (SSSR count). The van der Waals surface area contributed by atoms with Crippen molar-refractivity contribution in [2.45, 2.75) is 25.8 Å². The Hall–Kier alpha value is -1.86. The Morgan fingerprint density at radius 2 is 1.95 bits per heavy atom. The summed E-state index contributed by atoms with van der Waals surface area (Å²) in [4.78, 5) is 16.3. The zero-order valence-electron chi connectivity index (χ0n) is 11.8. The van der Waals surface area contributed by atoms with E-state index in [1.165, 1.54) is 12.8 Å². The number of hydrogen-bond acceptors (Lipinski definition) is 4. The molecule has 0 amide bonds. The van der Waals surface area contributed by atoms with E-state index in [4.69, 9.17) is 0 Å². The summed E-state index contributed by atoms with van der Waals surface area (Å²) in [5.74, 6) is 0.0485. The van der Waals surface area contributed by atoms with E-state index in [0.717, 1.165) is 37.9 Å². The number of carbonyl (C=O) groups is 1. The Kier molecular flexibility index (Phi) is 3.45. The van der Waals surface area contributed by atoms with Crippen molar-refractivity contribution >= 4 is 11.5 Å². The third-order valence-corrected chi connectivity index (χ3v) is 4.24. The first-order valence-electron chi connectivity index (χ1n) is 7.23. The third kappa shape index (κ3) is 2.54. The maximum Gasteiger partial charge on any atom is 0.159 e. The lowest BCUT2D eigenvalue weighted by molar-refractivity contribution is 0.101. The molecule has 20 heavy (non-hydrogen) atoms. The largest absolute Gasteiger partial charge is 0.368 e. The quantitative estimate of drug-likeness (QED) is 0.788. The van der Waals surface area contributed by atoms with Gasteiger partial charge in [0.2, 0.25) is 0 Å². The molecule has 0 radical (unpaired) electrons. The predicted octanol–water partition coefficient (Wildman–Crippen LogP) is 2.05. The summed E-state index contributed by atoms with van der Waals surface area (Å²) < 4.78 is 0. The minimum absolute atomic E-state index is 0.0485. The molecular weight excluding hydrogens is 250 g/mol. The monoisotopic (exact) mass is 269 g/mol. The number of anilines is 1. The van der Waals surface area contributed by atoms with E-state index in [1.807, 2.05) is 6.07 Å². The van der Waals surface area contributed by atoms with Crippen LogP contribution < -0.4 is 4.90 Å². The fourth-order valence-corrected chi connectivity index (χ4v) is 2.87. The summed E-state index contributed by atoms with van der Waals surface area (Å²) in [6, 6.07) is 8.41. The number of rotatable bonds is 3. The topological polar surface area (TPSA) is 47.3 Å². The molecule has 1 aliphatic carbocycles. The zero-order chi connectivity index (χ0) is 14.1. The van der Waals surface area contributed by atoms with Gasteiger partial charge in [0.05, 0.1) is 11.3 Å². The van der Waals surface area contributed by atoms with E-state index in [-0.39, 0.29) is 5.78 Å². The molecule has 1 heterocycles. The lowest BCUT2D eigenvalue weighted by Crippen LogP contribution is -2.47. The molecular formula is C16H19N3O. The maximum atomic E-state index is 11.5. The van der Waals surface area contributed by atoms with Crippen molar-refractivity contribution < 1.29 is 4.79 Å². The number of carbonyl (C=O) groups excluding carboxylic acids is 1. The van der Waals surface area contributed by atoms with Crippen molar-refractivity contribution in [2.24, 2.45) is 0 Å². The van der Waals surface area contributed by atoms with Crippen LogP contribution in [0.25, 0.3) is 0 Å². The predicted molar refractivity (Wildman–Crippen MR) is 78.0 cm³/mol. The second kappa shape index (κ2) is 5.26. The fourth-order valence-electron chi connectivity index (χ4n) is 2.87. The van der Waals surface area contributed by atoms with E-state index >= 15 is 0 Å². The van der Waals surface area contributed by atoms with Crippen molar-refractivity contribution in [2.75, 3.05) is 31.1 Å². The van der Waals surface area contributed by atoms with Crippen LogP contribution in [0.4, 0.5) is 5.69 Å². The lowest BCUT2D eigenvalue weighted by Gasteiger charge is -2.36. The van der Waals surface area contributed by atoms with Gasteiger partial charge in [0, 0.05) is 37.8 Å². The molecule has 0 atom stereocenters. The van der Waals surface area contributed by atoms with Crippen LogP contribution >= 0.6 is 0 Å². The van der Waals surface area contributed by atoms with Crippen LogP contribution in [-0.2, 0) is 0 Å². The highest BCUT2D eigenvalue weighted by atomic mass is 16.1. The minimum Gasteiger partial charge on any atom is -0.368 e. The first kappa shape index (κ1) is 13.1. The van der Waals surface area contributed by atoms with Gasteiger partial charge in [0.1, 0.15) is 6.07 Å². The van der Waals surface area contributed by atoms with Crippen LogP contribution in [0, 0.1) is 11.3 Å². The molecule has 1 saturated carbocycles. The molecule has 4 nitrogen and oxygen atoms in total. The van der Waals surface area contributed by atoms with Crippen LogP contribution in [0.3, 0.4) is 0 Å². The highest BCUT2D eigenvalue weighted by Gasteiger charge is 2.31. The number of benzene rings is 1. The molecule has 0 aromatic heterocycles. The van der Waals surface area contributed by atoms with Crippen LogP contribution in [0.1, 0.15) is 35.7 Å². The number of ketones is 1. The van der Waals surface area contributed by atoms with E-state index in [0.29, 0.717) is 11.1 Å². The van der Waals surface area contributed by atoms with Gasteiger partial charge in [0.25, 0.3) is 0 Å². The molecule has 1 aromatic carbocycles. The van der Waals surface area contributed by atoms with Crippen LogP contribution in [0.2, 0.25) is 0 Å². The average molecular weight is 269 g/mol. The van der Waals surface area contributed by atoms with Gasteiger partial charge in [0.15, 0.2) is 5.78 Å². The molecule has 1 aliphatic heterocycles. The van der Waals surface area contributed by atoms with Crippen molar-refractivity contribution in [3.05, 3.63) is 29.3 Å². The van der Waals surface area contributed by atoms with Gasteiger partial charge in [-0.1, -0.05) is 0 Å². The summed E-state index contributed by atoms with van der Waals surface area (Å²) >= 11 is 0. The molecule has 104 valence electrons. The second-order valence-electron chi connectivity index (χ2n) is 5.65. The average Bonchev–Trinajstić information content (AvgIpc) is 3.31. The van der Waals surface area contributed by atoms with Crippen molar-refractivity contribution in [3.8, 4) is 6.07 Å². The summed E-state index contributed by atoms with van der Waals surface area (Å²) in [7, 11) is 0. The van der Waals surface area contributed by atoms with Crippen molar-refractivity contribution in [3.63, 3.8) is 0 Å². The molecule has 2 fully saturated rings. The lowest BCUT2D eigenvalue weighted by atomic mass is 10.1. The molecule has 4 heteroatoms.